The number of aromatic nitrogens is 1. The minimum Gasteiger partial charge on any atom is -0.487 e. The molecule has 2 rings (SSSR count). The minimum atomic E-state index is -0.202. The van der Waals surface area contributed by atoms with Crippen LogP contribution in [0.3, 0.4) is 0 Å². The monoisotopic (exact) mass is 279 g/mol. The van der Waals surface area contributed by atoms with E-state index in [0.717, 1.165) is 5.69 Å². The summed E-state index contributed by atoms with van der Waals surface area (Å²) < 4.78 is 19.2. The molecule has 0 N–H and O–H groups in total. The highest BCUT2D eigenvalue weighted by Gasteiger charge is 2.08. The molecule has 1 aromatic carbocycles. The predicted molar refractivity (Wildman–Crippen MR) is 74.1 cm³/mol. The number of hydrogen-bond acceptors (Lipinski definition) is 2. The van der Waals surface area contributed by atoms with Crippen molar-refractivity contribution >= 4 is 11.6 Å². The van der Waals surface area contributed by atoms with Crippen molar-refractivity contribution in [2.75, 3.05) is 0 Å². The molecule has 19 heavy (non-hydrogen) atoms. The second-order valence-corrected chi connectivity index (χ2v) is 5.03. The number of halogens is 2. The average molecular weight is 280 g/mol. The Balaban J connectivity index is 2.07. The number of pyridine rings is 1. The van der Waals surface area contributed by atoms with E-state index in [0.29, 0.717) is 22.9 Å². The average Bonchev–Trinajstić information content (AvgIpc) is 2.39. The van der Waals surface area contributed by atoms with Crippen LogP contribution in [0.2, 0.25) is 5.02 Å². The van der Waals surface area contributed by atoms with Gasteiger partial charge in [0, 0.05) is 6.20 Å². The molecule has 100 valence electrons. The van der Waals surface area contributed by atoms with Crippen LogP contribution in [-0.2, 0) is 6.61 Å². The van der Waals surface area contributed by atoms with E-state index in [2.05, 4.69) is 4.98 Å². The topological polar surface area (TPSA) is 22.1 Å². The third-order valence-electron chi connectivity index (χ3n) is 2.76. The summed E-state index contributed by atoms with van der Waals surface area (Å²) in [6.07, 6.45) is 1.57. The van der Waals surface area contributed by atoms with E-state index in [1.54, 1.807) is 30.5 Å². The Labute approximate surface area is 117 Å². The Hall–Kier alpha value is -1.61. The molecular formula is C15H15ClFNO. The van der Waals surface area contributed by atoms with Crippen LogP contribution in [-0.4, -0.2) is 4.98 Å². The third kappa shape index (κ3) is 3.67. The van der Waals surface area contributed by atoms with Gasteiger partial charge in [0.1, 0.15) is 18.2 Å². The van der Waals surface area contributed by atoms with Gasteiger partial charge in [0.15, 0.2) is 0 Å². The maximum Gasteiger partial charge on any atom is 0.130 e. The first-order valence-corrected chi connectivity index (χ1v) is 6.46. The van der Waals surface area contributed by atoms with Crippen molar-refractivity contribution in [2.24, 2.45) is 0 Å². The molecule has 0 aliphatic heterocycles. The van der Waals surface area contributed by atoms with Crippen molar-refractivity contribution in [2.45, 2.75) is 26.4 Å². The van der Waals surface area contributed by atoms with Crippen molar-refractivity contribution < 1.29 is 9.13 Å². The van der Waals surface area contributed by atoms with Gasteiger partial charge in [-0.3, -0.25) is 4.98 Å². The van der Waals surface area contributed by atoms with E-state index in [1.807, 2.05) is 13.8 Å². The summed E-state index contributed by atoms with van der Waals surface area (Å²) in [6, 6.07) is 8.35. The highest BCUT2D eigenvalue weighted by Crippen LogP contribution is 2.24. The van der Waals surface area contributed by atoms with Crippen LogP contribution in [0, 0.1) is 5.82 Å². The predicted octanol–water partition coefficient (Wildman–Crippen LogP) is 4.58. The number of rotatable bonds is 4. The lowest BCUT2D eigenvalue weighted by Gasteiger charge is -2.11. The smallest absolute Gasteiger partial charge is 0.130 e. The standard InChI is InChI=1S/C15H15ClFNO/c1-10(2)14-7-13(5-6-15(14)17)19-9-12-4-3-11(16)8-18-12/h3-8,10H,9H2,1-2H3. The zero-order chi connectivity index (χ0) is 13.8. The highest BCUT2D eigenvalue weighted by atomic mass is 35.5. The Morgan fingerprint density at radius 2 is 2.05 bits per heavy atom. The van der Waals surface area contributed by atoms with Crippen molar-refractivity contribution in [1.82, 2.24) is 4.98 Å². The van der Waals surface area contributed by atoms with Gasteiger partial charge in [-0.05, 0) is 41.8 Å². The molecule has 0 radical (unpaired) electrons. The lowest BCUT2D eigenvalue weighted by molar-refractivity contribution is 0.300. The van der Waals surface area contributed by atoms with Gasteiger partial charge < -0.3 is 4.74 Å². The van der Waals surface area contributed by atoms with Crippen molar-refractivity contribution in [3.63, 3.8) is 0 Å². The van der Waals surface area contributed by atoms with Gasteiger partial charge in [0.2, 0.25) is 0 Å². The fourth-order valence-electron chi connectivity index (χ4n) is 1.70. The number of hydrogen-bond donors (Lipinski definition) is 0. The van der Waals surface area contributed by atoms with Crippen molar-refractivity contribution in [3.8, 4) is 5.75 Å². The van der Waals surface area contributed by atoms with E-state index in [4.69, 9.17) is 16.3 Å². The number of nitrogens with zero attached hydrogens (tertiary/aromatic N) is 1. The summed E-state index contributed by atoms with van der Waals surface area (Å²) >= 11 is 5.76. The van der Waals surface area contributed by atoms with E-state index >= 15 is 0 Å². The number of benzene rings is 1. The van der Waals surface area contributed by atoms with Crippen LogP contribution >= 0.6 is 11.6 Å². The van der Waals surface area contributed by atoms with E-state index in [-0.39, 0.29) is 11.7 Å². The number of ether oxygens (including phenoxy) is 1. The molecule has 2 nitrogen and oxygen atoms in total. The van der Waals surface area contributed by atoms with Crippen LogP contribution in [0.15, 0.2) is 36.5 Å². The molecule has 1 aromatic heterocycles. The Morgan fingerprint density at radius 3 is 2.68 bits per heavy atom. The summed E-state index contributed by atoms with van der Waals surface area (Å²) in [5.74, 6) is 0.561. The summed E-state index contributed by atoms with van der Waals surface area (Å²) in [5, 5.41) is 0.590. The Kier molecular flexibility index (Phi) is 4.38. The van der Waals surface area contributed by atoms with Crippen molar-refractivity contribution in [1.29, 1.82) is 0 Å². The van der Waals surface area contributed by atoms with Gasteiger partial charge in [0.05, 0.1) is 10.7 Å². The Bertz CT molecular complexity index is 555. The molecule has 0 bridgehead atoms. The highest BCUT2D eigenvalue weighted by molar-refractivity contribution is 6.30. The van der Waals surface area contributed by atoms with E-state index in [9.17, 15) is 4.39 Å². The summed E-state index contributed by atoms with van der Waals surface area (Å²) in [4.78, 5) is 4.14. The van der Waals surface area contributed by atoms with E-state index < -0.39 is 0 Å². The largest absolute Gasteiger partial charge is 0.487 e. The molecule has 0 fully saturated rings. The van der Waals surface area contributed by atoms with Crippen LogP contribution in [0.1, 0.15) is 31.0 Å². The first-order chi connectivity index (χ1) is 9.06. The molecule has 2 aromatic rings. The normalized spacial score (nSPS) is 10.8. The molecule has 0 aliphatic carbocycles. The first-order valence-electron chi connectivity index (χ1n) is 6.09. The molecule has 0 aliphatic rings. The second kappa shape index (κ2) is 6.02. The van der Waals surface area contributed by atoms with Gasteiger partial charge in [0.25, 0.3) is 0 Å². The molecule has 4 heteroatoms. The van der Waals surface area contributed by atoms with Crippen molar-refractivity contribution in [3.05, 3.63) is 58.6 Å². The molecule has 0 saturated carbocycles. The summed E-state index contributed by atoms with van der Waals surface area (Å²) in [5.41, 5.74) is 1.43. The second-order valence-electron chi connectivity index (χ2n) is 4.59. The summed E-state index contributed by atoms with van der Waals surface area (Å²) in [6.45, 7) is 4.23. The van der Waals surface area contributed by atoms with Crippen LogP contribution in [0.5, 0.6) is 5.75 Å². The molecule has 0 saturated heterocycles. The van der Waals surface area contributed by atoms with Gasteiger partial charge in [-0.1, -0.05) is 25.4 Å². The lowest BCUT2D eigenvalue weighted by atomic mass is 10.0. The Morgan fingerprint density at radius 1 is 1.26 bits per heavy atom. The van der Waals surface area contributed by atoms with Gasteiger partial charge in [-0.2, -0.15) is 0 Å². The van der Waals surface area contributed by atoms with Gasteiger partial charge in [-0.25, -0.2) is 4.39 Å². The molecule has 1 heterocycles. The fraction of sp³-hybridized carbons (Fsp3) is 0.267. The van der Waals surface area contributed by atoms with Gasteiger partial charge in [-0.15, -0.1) is 0 Å². The molecule has 0 amide bonds. The molecule has 0 atom stereocenters. The first kappa shape index (κ1) is 13.8. The van der Waals surface area contributed by atoms with E-state index in [1.165, 1.54) is 6.07 Å². The van der Waals surface area contributed by atoms with Crippen LogP contribution in [0.4, 0.5) is 4.39 Å². The SMILES string of the molecule is CC(C)c1cc(OCc2ccc(Cl)cn2)ccc1F. The lowest BCUT2D eigenvalue weighted by Crippen LogP contribution is -2.00. The van der Waals surface area contributed by atoms with Crippen LogP contribution < -0.4 is 4.74 Å². The maximum atomic E-state index is 13.5. The quantitative estimate of drug-likeness (QED) is 0.817. The van der Waals surface area contributed by atoms with Gasteiger partial charge >= 0.3 is 0 Å². The maximum absolute atomic E-state index is 13.5. The third-order valence-corrected chi connectivity index (χ3v) is 2.99. The zero-order valence-corrected chi connectivity index (χ0v) is 11.6. The molecule has 0 spiro atoms. The summed E-state index contributed by atoms with van der Waals surface area (Å²) in [7, 11) is 0. The minimum absolute atomic E-state index is 0.122. The fourth-order valence-corrected chi connectivity index (χ4v) is 1.81. The molecular weight excluding hydrogens is 265 g/mol. The zero-order valence-electron chi connectivity index (χ0n) is 10.9. The van der Waals surface area contributed by atoms with Crippen LogP contribution in [0.25, 0.3) is 0 Å². The molecule has 0 unspecified atom stereocenters.